The van der Waals surface area contributed by atoms with Gasteiger partial charge in [0.15, 0.2) is 0 Å². The number of ether oxygens (including phenoxy) is 3. The fraction of sp³-hybridized carbons (Fsp3) is 0.833. The maximum atomic E-state index is 5.99. The second-order valence-electron chi connectivity index (χ2n) is 8.24. The summed E-state index contributed by atoms with van der Waals surface area (Å²) in [4.78, 5) is 0. The molecule has 0 aromatic carbocycles. The van der Waals surface area contributed by atoms with E-state index in [0.29, 0.717) is 18.8 Å². The first-order valence-electron chi connectivity index (χ1n) is 11.4. The maximum absolute atomic E-state index is 5.99. The highest BCUT2D eigenvalue weighted by Gasteiger charge is 2.22. The summed E-state index contributed by atoms with van der Waals surface area (Å²) in [5.41, 5.74) is 0. The van der Waals surface area contributed by atoms with Crippen molar-refractivity contribution in [3.8, 4) is 0 Å². The molecule has 3 heteroatoms. The van der Waals surface area contributed by atoms with Crippen molar-refractivity contribution >= 4 is 0 Å². The van der Waals surface area contributed by atoms with Crippen molar-refractivity contribution in [2.24, 2.45) is 11.8 Å². The summed E-state index contributed by atoms with van der Waals surface area (Å²) in [7, 11) is 0. The zero-order valence-electron chi connectivity index (χ0n) is 17.6. The van der Waals surface area contributed by atoms with E-state index >= 15 is 0 Å². The Morgan fingerprint density at radius 2 is 1.30 bits per heavy atom. The summed E-state index contributed by atoms with van der Waals surface area (Å²) >= 11 is 0. The van der Waals surface area contributed by atoms with Gasteiger partial charge in [-0.1, -0.05) is 31.6 Å². The van der Waals surface area contributed by atoms with Crippen molar-refractivity contribution in [2.75, 3.05) is 26.4 Å². The SMILES string of the molecule is C=CCCOCCOC1CCC(C=CC2CCC(OCCCC)CC2)CC1. The lowest BCUT2D eigenvalue weighted by Gasteiger charge is -2.29. The van der Waals surface area contributed by atoms with Gasteiger partial charge in [-0.3, -0.25) is 0 Å². The second-order valence-corrected chi connectivity index (χ2v) is 8.24. The Hall–Kier alpha value is -0.640. The van der Waals surface area contributed by atoms with Crippen molar-refractivity contribution in [1.29, 1.82) is 0 Å². The molecule has 27 heavy (non-hydrogen) atoms. The van der Waals surface area contributed by atoms with Crippen LogP contribution in [0.5, 0.6) is 0 Å². The average molecular weight is 379 g/mol. The van der Waals surface area contributed by atoms with E-state index in [1.807, 2.05) is 6.08 Å². The molecule has 0 N–H and O–H groups in total. The molecule has 0 bridgehead atoms. The van der Waals surface area contributed by atoms with Gasteiger partial charge in [0.05, 0.1) is 32.0 Å². The van der Waals surface area contributed by atoms with Crippen LogP contribution in [0, 0.1) is 11.8 Å². The zero-order valence-corrected chi connectivity index (χ0v) is 17.6. The van der Waals surface area contributed by atoms with Crippen LogP contribution in [0.2, 0.25) is 0 Å². The van der Waals surface area contributed by atoms with E-state index in [1.54, 1.807) is 0 Å². The van der Waals surface area contributed by atoms with Gasteiger partial charge in [0.25, 0.3) is 0 Å². The predicted molar refractivity (Wildman–Crippen MR) is 113 cm³/mol. The number of allylic oxidation sites excluding steroid dienone is 2. The van der Waals surface area contributed by atoms with Crippen LogP contribution in [0.3, 0.4) is 0 Å². The van der Waals surface area contributed by atoms with Crippen LogP contribution in [0.25, 0.3) is 0 Å². The third kappa shape index (κ3) is 9.91. The molecule has 0 spiro atoms. The molecule has 2 aliphatic rings. The molecule has 2 rings (SSSR count). The van der Waals surface area contributed by atoms with Crippen LogP contribution < -0.4 is 0 Å². The van der Waals surface area contributed by atoms with Gasteiger partial charge in [0.1, 0.15) is 0 Å². The number of rotatable bonds is 13. The normalized spacial score (nSPS) is 29.2. The van der Waals surface area contributed by atoms with Crippen LogP contribution in [0.1, 0.15) is 77.6 Å². The quantitative estimate of drug-likeness (QED) is 0.287. The lowest BCUT2D eigenvalue weighted by Crippen LogP contribution is -2.23. The molecule has 0 unspecified atom stereocenters. The van der Waals surface area contributed by atoms with Crippen LogP contribution in [-0.4, -0.2) is 38.6 Å². The van der Waals surface area contributed by atoms with Gasteiger partial charge in [-0.15, -0.1) is 6.58 Å². The van der Waals surface area contributed by atoms with E-state index in [1.165, 1.54) is 64.2 Å². The molecule has 3 nitrogen and oxygen atoms in total. The standard InChI is InChI=1S/C24H42O3/c1-3-5-17-25-19-20-27-24-15-11-22(12-16-24)8-7-21-9-13-23(14-10-21)26-18-6-4-2/h3,7-8,21-24H,1,4-6,9-20H2,2H3. The topological polar surface area (TPSA) is 27.7 Å². The number of hydrogen-bond acceptors (Lipinski definition) is 3. The van der Waals surface area contributed by atoms with Crippen molar-refractivity contribution in [3.05, 3.63) is 24.8 Å². The van der Waals surface area contributed by atoms with Crippen molar-refractivity contribution in [3.63, 3.8) is 0 Å². The van der Waals surface area contributed by atoms with Crippen molar-refractivity contribution < 1.29 is 14.2 Å². The van der Waals surface area contributed by atoms with E-state index in [4.69, 9.17) is 14.2 Å². The minimum atomic E-state index is 0.438. The Morgan fingerprint density at radius 1 is 0.741 bits per heavy atom. The van der Waals surface area contributed by atoms with Gasteiger partial charge in [-0.25, -0.2) is 0 Å². The van der Waals surface area contributed by atoms with E-state index < -0.39 is 0 Å². The zero-order chi connectivity index (χ0) is 19.2. The third-order valence-corrected chi connectivity index (χ3v) is 5.99. The van der Waals surface area contributed by atoms with E-state index in [9.17, 15) is 0 Å². The van der Waals surface area contributed by atoms with Crippen LogP contribution >= 0.6 is 0 Å². The van der Waals surface area contributed by atoms with Crippen LogP contribution in [-0.2, 0) is 14.2 Å². The first-order chi connectivity index (χ1) is 13.3. The summed E-state index contributed by atoms with van der Waals surface area (Å²) in [5.74, 6) is 1.53. The smallest absolute Gasteiger partial charge is 0.0704 e. The fourth-order valence-electron chi connectivity index (χ4n) is 4.15. The molecule has 0 aromatic heterocycles. The monoisotopic (exact) mass is 378 g/mol. The van der Waals surface area contributed by atoms with Gasteiger partial charge >= 0.3 is 0 Å². The molecule has 2 aliphatic carbocycles. The van der Waals surface area contributed by atoms with Crippen LogP contribution in [0.4, 0.5) is 0 Å². The molecular weight excluding hydrogens is 336 g/mol. The minimum Gasteiger partial charge on any atom is -0.379 e. The Kier molecular flexibility index (Phi) is 12.1. The van der Waals surface area contributed by atoms with Gasteiger partial charge in [0.2, 0.25) is 0 Å². The molecule has 156 valence electrons. The summed E-state index contributed by atoms with van der Waals surface area (Å²) in [5, 5.41) is 0. The first kappa shape index (κ1) is 22.6. The minimum absolute atomic E-state index is 0.438. The summed E-state index contributed by atoms with van der Waals surface area (Å²) in [6.45, 7) is 9.07. The Bertz CT molecular complexity index is 390. The first-order valence-corrected chi connectivity index (χ1v) is 11.4. The lowest BCUT2D eigenvalue weighted by molar-refractivity contribution is -0.0131. The van der Waals surface area contributed by atoms with Crippen LogP contribution in [0.15, 0.2) is 24.8 Å². The highest BCUT2D eigenvalue weighted by Crippen LogP contribution is 2.31. The van der Waals surface area contributed by atoms with Crippen molar-refractivity contribution in [2.45, 2.75) is 89.8 Å². The molecule has 0 amide bonds. The highest BCUT2D eigenvalue weighted by molar-refractivity contribution is 4.96. The lowest BCUT2D eigenvalue weighted by atomic mass is 9.83. The van der Waals surface area contributed by atoms with Gasteiger partial charge in [-0.05, 0) is 76.0 Å². The summed E-state index contributed by atoms with van der Waals surface area (Å²) in [6, 6.07) is 0. The molecule has 0 atom stereocenters. The molecule has 2 fully saturated rings. The molecule has 0 saturated heterocycles. The molecule has 0 heterocycles. The Morgan fingerprint density at radius 3 is 1.81 bits per heavy atom. The Balaban J connectivity index is 1.51. The van der Waals surface area contributed by atoms with Gasteiger partial charge in [0, 0.05) is 6.61 Å². The molecule has 0 aliphatic heterocycles. The fourth-order valence-corrected chi connectivity index (χ4v) is 4.15. The molecule has 0 radical (unpaired) electrons. The number of hydrogen-bond donors (Lipinski definition) is 0. The average Bonchev–Trinajstić information content (AvgIpc) is 2.71. The van der Waals surface area contributed by atoms with Gasteiger partial charge in [-0.2, -0.15) is 0 Å². The highest BCUT2D eigenvalue weighted by atomic mass is 16.5. The molecule has 0 aromatic rings. The largest absolute Gasteiger partial charge is 0.379 e. The Labute approximate surface area is 167 Å². The van der Waals surface area contributed by atoms with Crippen molar-refractivity contribution in [1.82, 2.24) is 0 Å². The summed E-state index contributed by atoms with van der Waals surface area (Å²) < 4.78 is 17.5. The summed E-state index contributed by atoms with van der Waals surface area (Å²) in [6.07, 6.45) is 21.3. The second kappa shape index (κ2) is 14.4. The molecule has 2 saturated carbocycles. The predicted octanol–water partition coefficient (Wildman–Crippen LogP) is 6.09. The van der Waals surface area contributed by atoms with E-state index in [2.05, 4.69) is 25.7 Å². The maximum Gasteiger partial charge on any atom is 0.0704 e. The third-order valence-electron chi connectivity index (χ3n) is 5.99. The van der Waals surface area contributed by atoms with E-state index in [0.717, 1.165) is 38.1 Å². The number of unbranched alkanes of at least 4 members (excludes halogenated alkanes) is 1. The van der Waals surface area contributed by atoms with Gasteiger partial charge < -0.3 is 14.2 Å². The van der Waals surface area contributed by atoms with E-state index in [-0.39, 0.29) is 0 Å². The molecular formula is C24H42O3.